The maximum absolute atomic E-state index is 9.84. The summed E-state index contributed by atoms with van der Waals surface area (Å²) in [5.41, 5.74) is 14.0. The Labute approximate surface area is 305 Å². The van der Waals surface area contributed by atoms with Gasteiger partial charge in [-0.15, -0.1) is 0 Å². The number of nitrogens with zero attached hydrogens (tertiary/aromatic N) is 2. The van der Waals surface area contributed by atoms with E-state index in [4.69, 9.17) is 9.47 Å². The number of ether oxygens (including phenoxy) is 2. The van der Waals surface area contributed by atoms with Crippen LogP contribution in [0.15, 0.2) is 115 Å². The lowest BCUT2D eigenvalue weighted by atomic mass is 9.75. The van der Waals surface area contributed by atoms with E-state index in [1.54, 1.807) is 0 Å². The summed E-state index contributed by atoms with van der Waals surface area (Å²) >= 11 is 0. The van der Waals surface area contributed by atoms with Crippen LogP contribution in [0.3, 0.4) is 0 Å². The molecule has 254 valence electrons. The molecule has 0 N–H and O–H groups in total. The largest absolute Gasteiger partial charge is 0.472 e. The SMILES string of the molecule is CC1(C)c2ccccc2-c2ccc(C3(c4ccc(N5CCOCC5)cc4)C=Cc4c5c(c6ccccc6c4O3)-c3ccc(C#N)cc3C5(C)C)cc21. The fourth-order valence-electron chi connectivity index (χ4n) is 9.66. The van der Waals surface area contributed by atoms with Crippen molar-refractivity contribution in [3.63, 3.8) is 0 Å². The van der Waals surface area contributed by atoms with Crippen molar-refractivity contribution in [2.75, 3.05) is 31.2 Å². The topological polar surface area (TPSA) is 45.5 Å². The molecule has 0 bridgehead atoms. The van der Waals surface area contributed by atoms with E-state index in [2.05, 4.69) is 154 Å². The van der Waals surface area contributed by atoms with Gasteiger partial charge in [0.15, 0.2) is 5.60 Å². The van der Waals surface area contributed by atoms with Crippen molar-refractivity contribution in [3.8, 4) is 34.1 Å². The molecule has 6 aromatic rings. The third kappa shape index (κ3) is 4.18. The molecule has 4 aliphatic rings. The first kappa shape index (κ1) is 31.1. The highest BCUT2D eigenvalue weighted by molar-refractivity contribution is 6.08. The average Bonchev–Trinajstić information content (AvgIpc) is 3.57. The monoisotopic (exact) mass is 676 g/mol. The van der Waals surface area contributed by atoms with Gasteiger partial charge in [-0.05, 0) is 86.3 Å². The first-order valence-electron chi connectivity index (χ1n) is 18.4. The van der Waals surface area contributed by atoms with Gasteiger partial charge >= 0.3 is 0 Å². The van der Waals surface area contributed by atoms with Crippen molar-refractivity contribution >= 4 is 22.5 Å². The minimum absolute atomic E-state index is 0.148. The molecule has 6 aromatic carbocycles. The Bertz CT molecular complexity index is 2550. The Balaban J connectivity index is 1.20. The van der Waals surface area contributed by atoms with Crippen LogP contribution in [0, 0.1) is 11.3 Å². The molecule has 1 unspecified atom stereocenters. The van der Waals surface area contributed by atoms with Gasteiger partial charge in [0.05, 0.1) is 24.8 Å². The first-order chi connectivity index (χ1) is 25.2. The number of anilines is 1. The second kappa shape index (κ2) is 10.9. The van der Waals surface area contributed by atoms with Gasteiger partial charge in [0.25, 0.3) is 0 Å². The Hall–Kier alpha value is -5.63. The number of morpholine rings is 1. The van der Waals surface area contributed by atoms with E-state index in [0.29, 0.717) is 5.56 Å². The summed E-state index contributed by atoms with van der Waals surface area (Å²) < 4.78 is 13.3. The van der Waals surface area contributed by atoms with Gasteiger partial charge in [-0.1, -0.05) is 113 Å². The van der Waals surface area contributed by atoms with E-state index >= 15 is 0 Å². The summed E-state index contributed by atoms with van der Waals surface area (Å²) in [4.78, 5) is 2.40. The molecule has 2 heterocycles. The van der Waals surface area contributed by atoms with E-state index in [1.807, 2.05) is 6.07 Å². The van der Waals surface area contributed by atoms with Crippen LogP contribution in [0.25, 0.3) is 39.1 Å². The van der Waals surface area contributed by atoms with Crippen molar-refractivity contribution < 1.29 is 9.47 Å². The highest BCUT2D eigenvalue weighted by atomic mass is 16.5. The van der Waals surface area contributed by atoms with Gasteiger partial charge in [-0.25, -0.2) is 0 Å². The van der Waals surface area contributed by atoms with Crippen LogP contribution in [0.1, 0.15) is 72.2 Å². The quantitative estimate of drug-likeness (QED) is 0.187. The van der Waals surface area contributed by atoms with Crippen LogP contribution >= 0.6 is 0 Å². The van der Waals surface area contributed by atoms with Gasteiger partial charge in [-0.3, -0.25) is 0 Å². The molecular weight excluding hydrogens is 637 g/mol. The second-order valence-electron chi connectivity index (χ2n) is 15.8. The molecule has 10 rings (SSSR count). The lowest BCUT2D eigenvalue weighted by molar-refractivity contribution is 0.122. The molecule has 2 aliphatic heterocycles. The molecule has 0 radical (unpaired) electrons. The summed E-state index contributed by atoms with van der Waals surface area (Å²) in [6.07, 6.45) is 4.62. The van der Waals surface area contributed by atoms with Crippen molar-refractivity contribution in [1.82, 2.24) is 0 Å². The molecule has 1 saturated heterocycles. The van der Waals surface area contributed by atoms with Gasteiger partial charge in [-0.2, -0.15) is 5.26 Å². The van der Waals surface area contributed by atoms with Crippen LogP contribution < -0.4 is 9.64 Å². The van der Waals surface area contributed by atoms with E-state index in [9.17, 15) is 5.26 Å². The molecular formula is C48H40N2O2. The standard InChI is InChI=1S/C48H40N2O2/c1-46(2)40-12-8-7-9-34(40)35-20-16-32(28-42(35)46)48(31-14-17-33(18-15-31)50-23-25-51-26-24-50)22-21-39-44-43(36-10-5-6-11-37(36)45(39)52-48)38-19-13-30(29-49)27-41(38)47(44,3)4/h5-22,27-28H,23-26H2,1-4H3. The molecule has 4 nitrogen and oxygen atoms in total. The Morgan fingerprint density at radius 2 is 1.33 bits per heavy atom. The number of hydrogen-bond acceptors (Lipinski definition) is 4. The normalized spacial score (nSPS) is 19.9. The summed E-state index contributed by atoms with van der Waals surface area (Å²) in [7, 11) is 0. The molecule has 2 aliphatic carbocycles. The Morgan fingerprint density at radius 3 is 2.12 bits per heavy atom. The average molecular weight is 677 g/mol. The zero-order valence-electron chi connectivity index (χ0n) is 30.1. The van der Waals surface area contributed by atoms with E-state index in [1.165, 1.54) is 55.6 Å². The van der Waals surface area contributed by atoms with Gasteiger partial charge in [0.2, 0.25) is 0 Å². The molecule has 0 aromatic heterocycles. The van der Waals surface area contributed by atoms with E-state index < -0.39 is 5.60 Å². The minimum Gasteiger partial charge on any atom is -0.472 e. The molecule has 1 fully saturated rings. The second-order valence-corrected chi connectivity index (χ2v) is 15.8. The van der Waals surface area contributed by atoms with Gasteiger partial charge in [0, 0.05) is 51.7 Å². The van der Waals surface area contributed by atoms with Crippen LogP contribution in [-0.4, -0.2) is 26.3 Å². The third-order valence-corrected chi connectivity index (χ3v) is 12.4. The van der Waals surface area contributed by atoms with E-state index in [0.717, 1.165) is 54.1 Å². The number of rotatable bonds is 3. The molecule has 4 heteroatoms. The van der Waals surface area contributed by atoms with Crippen LogP contribution in [0.2, 0.25) is 0 Å². The van der Waals surface area contributed by atoms with Crippen LogP contribution in [0.5, 0.6) is 5.75 Å². The first-order valence-corrected chi connectivity index (χ1v) is 18.4. The molecule has 52 heavy (non-hydrogen) atoms. The lowest BCUT2D eigenvalue weighted by Crippen LogP contribution is -2.37. The molecule has 1 atom stereocenters. The van der Waals surface area contributed by atoms with Crippen molar-refractivity contribution in [1.29, 1.82) is 5.26 Å². The predicted octanol–water partition coefficient (Wildman–Crippen LogP) is 10.5. The summed E-state index contributed by atoms with van der Waals surface area (Å²) in [5, 5.41) is 12.1. The highest BCUT2D eigenvalue weighted by Crippen LogP contribution is 2.59. The van der Waals surface area contributed by atoms with E-state index in [-0.39, 0.29) is 10.8 Å². The zero-order valence-corrected chi connectivity index (χ0v) is 30.1. The summed E-state index contributed by atoms with van der Waals surface area (Å²) in [6.45, 7) is 12.5. The maximum atomic E-state index is 9.84. The van der Waals surface area contributed by atoms with Crippen molar-refractivity contribution in [2.24, 2.45) is 0 Å². The predicted molar refractivity (Wildman–Crippen MR) is 210 cm³/mol. The number of benzene rings is 6. The number of fused-ring (bicyclic) bond motifs is 11. The number of nitriles is 1. The minimum atomic E-state index is -0.878. The Morgan fingerprint density at radius 1 is 0.654 bits per heavy atom. The lowest BCUT2D eigenvalue weighted by Gasteiger charge is -2.39. The van der Waals surface area contributed by atoms with Crippen molar-refractivity contribution in [3.05, 3.63) is 160 Å². The molecule has 0 spiro atoms. The summed E-state index contributed by atoms with van der Waals surface area (Å²) in [5.74, 6) is 0.901. The fraction of sp³-hybridized carbons (Fsp3) is 0.229. The van der Waals surface area contributed by atoms with Crippen LogP contribution in [0.4, 0.5) is 5.69 Å². The third-order valence-electron chi connectivity index (χ3n) is 12.4. The van der Waals surface area contributed by atoms with Gasteiger partial charge in [0.1, 0.15) is 5.75 Å². The van der Waals surface area contributed by atoms with Crippen molar-refractivity contribution in [2.45, 2.75) is 44.1 Å². The smallest absolute Gasteiger partial charge is 0.178 e. The number of hydrogen-bond donors (Lipinski definition) is 0. The fourth-order valence-corrected chi connectivity index (χ4v) is 9.66. The Kier molecular flexibility index (Phi) is 6.55. The zero-order chi connectivity index (χ0) is 35.4. The maximum Gasteiger partial charge on any atom is 0.178 e. The molecule has 0 saturated carbocycles. The highest BCUT2D eigenvalue weighted by Gasteiger charge is 2.45. The molecule has 0 amide bonds. The van der Waals surface area contributed by atoms with Crippen LogP contribution in [-0.2, 0) is 21.2 Å². The summed E-state index contributed by atoms with van der Waals surface area (Å²) in [6, 6.07) is 42.0. The van der Waals surface area contributed by atoms with Gasteiger partial charge < -0.3 is 14.4 Å².